The lowest BCUT2D eigenvalue weighted by Crippen LogP contribution is -2.52. The standard InChI is InChI=1S/C13H15BrClN3S/c1-8-5-13(7-19-8)6-17-12(16)18(13)9-2-3-11(15)10(14)4-9/h2-4,8H,5-7H2,1H3,(H2,16,17). The van der Waals surface area contributed by atoms with Gasteiger partial charge in [0.1, 0.15) is 0 Å². The number of halogens is 2. The summed E-state index contributed by atoms with van der Waals surface area (Å²) in [6, 6.07) is 5.92. The molecule has 102 valence electrons. The van der Waals surface area contributed by atoms with E-state index < -0.39 is 0 Å². The SMILES string of the molecule is CC1CC2(CN=C(N)N2c2ccc(Cl)c(Br)c2)CS1. The van der Waals surface area contributed by atoms with Gasteiger partial charge in [0.15, 0.2) is 5.96 Å². The average Bonchev–Trinajstić information content (AvgIpc) is 2.88. The predicted octanol–water partition coefficient (Wildman–Crippen LogP) is 3.50. The third-order valence-corrected chi connectivity index (χ3v) is 6.36. The van der Waals surface area contributed by atoms with E-state index in [9.17, 15) is 0 Å². The first-order valence-electron chi connectivity index (χ1n) is 6.19. The lowest BCUT2D eigenvalue weighted by Gasteiger charge is -2.35. The Hall–Kier alpha value is -0.390. The Morgan fingerprint density at radius 3 is 3.00 bits per heavy atom. The van der Waals surface area contributed by atoms with Gasteiger partial charge in [0, 0.05) is 21.2 Å². The highest BCUT2D eigenvalue weighted by atomic mass is 79.9. The largest absolute Gasteiger partial charge is 0.369 e. The molecule has 2 unspecified atom stereocenters. The molecule has 2 heterocycles. The average molecular weight is 361 g/mol. The maximum absolute atomic E-state index is 6.12. The molecule has 19 heavy (non-hydrogen) atoms. The second-order valence-electron chi connectivity index (χ2n) is 5.16. The van der Waals surface area contributed by atoms with Crippen molar-refractivity contribution in [3.63, 3.8) is 0 Å². The second-order valence-corrected chi connectivity index (χ2v) is 7.85. The minimum atomic E-state index is 0.0431. The molecule has 0 bridgehead atoms. The van der Waals surface area contributed by atoms with E-state index in [4.69, 9.17) is 17.3 Å². The van der Waals surface area contributed by atoms with Crippen LogP contribution in [0.15, 0.2) is 27.7 Å². The van der Waals surface area contributed by atoms with Gasteiger partial charge in [-0.1, -0.05) is 18.5 Å². The van der Waals surface area contributed by atoms with Crippen molar-refractivity contribution >= 4 is 50.9 Å². The number of nitrogens with zero attached hydrogens (tertiary/aromatic N) is 2. The van der Waals surface area contributed by atoms with Gasteiger partial charge in [0.2, 0.25) is 0 Å². The zero-order valence-corrected chi connectivity index (χ0v) is 13.7. The van der Waals surface area contributed by atoms with Crippen LogP contribution in [0.4, 0.5) is 5.69 Å². The molecule has 1 spiro atoms. The van der Waals surface area contributed by atoms with Crippen LogP contribution in [0.3, 0.4) is 0 Å². The van der Waals surface area contributed by atoms with Gasteiger partial charge < -0.3 is 10.6 Å². The summed E-state index contributed by atoms with van der Waals surface area (Å²) < 4.78 is 0.889. The number of anilines is 1. The third-order valence-electron chi connectivity index (χ3n) is 3.70. The number of rotatable bonds is 1. The van der Waals surface area contributed by atoms with Crippen molar-refractivity contribution in [3.8, 4) is 0 Å². The normalized spacial score (nSPS) is 30.2. The van der Waals surface area contributed by atoms with Gasteiger partial charge in [-0.05, 0) is 40.5 Å². The highest BCUT2D eigenvalue weighted by Crippen LogP contribution is 2.44. The summed E-state index contributed by atoms with van der Waals surface area (Å²) in [6.45, 7) is 3.06. The minimum absolute atomic E-state index is 0.0431. The number of hydrogen-bond donors (Lipinski definition) is 1. The molecular weight excluding hydrogens is 346 g/mol. The highest BCUT2D eigenvalue weighted by Gasteiger charge is 2.47. The summed E-state index contributed by atoms with van der Waals surface area (Å²) in [5, 5.41) is 1.36. The van der Waals surface area contributed by atoms with Crippen LogP contribution in [-0.4, -0.2) is 29.0 Å². The first kappa shape index (κ1) is 13.6. The Kier molecular flexibility index (Phi) is 3.48. The Labute approximate surface area is 130 Å². The topological polar surface area (TPSA) is 41.6 Å². The molecule has 0 radical (unpaired) electrons. The molecule has 3 nitrogen and oxygen atoms in total. The number of nitrogens with two attached hydrogens (primary N) is 1. The fourth-order valence-electron chi connectivity index (χ4n) is 2.86. The van der Waals surface area contributed by atoms with Gasteiger partial charge in [-0.25, -0.2) is 0 Å². The molecule has 2 aliphatic heterocycles. The van der Waals surface area contributed by atoms with Gasteiger partial charge in [0.05, 0.1) is 17.1 Å². The first-order chi connectivity index (χ1) is 9.02. The molecule has 0 amide bonds. The smallest absolute Gasteiger partial charge is 0.196 e. The molecule has 2 aliphatic rings. The van der Waals surface area contributed by atoms with Crippen LogP contribution in [0.2, 0.25) is 5.02 Å². The summed E-state index contributed by atoms with van der Waals surface area (Å²) in [4.78, 5) is 6.66. The van der Waals surface area contributed by atoms with E-state index in [2.05, 4.69) is 32.7 Å². The van der Waals surface area contributed by atoms with Gasteiger partial charge >= 0.3 is 0 Å². The molecule has 2 atom stereocenters. The third kappa shape index (κ3) is 2.26. The Morgan fingerprint density at radius 1 is 1.58 bits per heavy atom. The highest BCUT2D eigenvalue weighted by molar-refractivity contribution is 9.10. The van der Waals surface area contributed by atoms with E-state index in [-0.39, 0.29) is 5.54 Å². The quantitative estimate of drug-likeness (QED) is 0.833. The lowest BCUT2D eigenvalue weighted by atomic mass is 9.94. The van der Waals surface area contributed by atoms with Gasteiger partial charge in [-0.3, -0.25) is 4.99 Å². The van der Waals surface area contributed by atoms with Crippen molar-refractivity contribution in [2.45, 2.75) is 24.1 Å². The van der Waals surface area contributed by atoms with E-state index >= 15 is 0 Å². The van der Waals surface area contributed by atoms with E-state index in [0.29, 0.717) is 16.2 Å². The van der Waals surface area contributed by atoms with Crippen molar-refractivity contribution in [1.29, 1.82) is 0 Å². The predicted molar refractivity (Wildman–Crippen MR) is 87.4 cm³/mol. The molecule has 2 N–H and O–H groups in total. The molecule has 1 fully saturated rings. The molecular formula is C13H15BrClN3S. The van der Waals surface area contributed by atoms with Gasteiger partial charge in [0.25, 0.3) is 0 Å². The van der Waals surface area contributed by atoms with Crippen molar-refractivity contribution in [3.05, 3.63) is 27.7 Å². The summed E-state index contributed by atoms with van der Waals surface area (Å²) in [5.41, 5.74) is 7.22. The Morgan fingerprint density at radius 2 is 2.37 bits per heavy atom. The van der Waals surface area contributed by atoms with Crippen LogP contribution in [0.5, 0.6) is 0 Å². The summed E-state index contributed by atoms with van der Waals surface area (Å²) >= 11 is 11.5. The van der Waals surface area contributed by atoms with Crippen LogP contribution >= 0.6 is 39.3 Å². The van der Waals surface area contributed by atoms with Crippen LogP contribution in [-0.2, 0) is 0 Å². The van der Waals surface area contributed by atoms with Crippen LogP contribution in [0.1, 0.15) is 13.3 Å². The molecule has 6 heteroatoms. The lowest BCUT2D eigenvalue weighted by molar-refractivity contribution is 0.493. The Balaban J connectivity index is 2.00. The molecule has 3 rings (SSSR count). The number of thioether (sulfide) groups is 1. The van der Waals surface area contributed by atoms with Crippen LogP contribution in [0, 0.1) is 0 Å². The number of benzene rings is 1. The first-order valence-corrected chi connectivity index (χ1v) is 8.41. The zero-order chi connectivity index (χ0) is 13.6. The van der Waals surface area contributed by atoms with Crippen molar-refractivity contribution in [2.24, 2.45) is 10.7 Å². The van der Waals surface area contributed by atoms with E-state index in [0.717, 1.165) is 28.9 Å². The molecule has 0 aromatic heterocycles. The molecule has 0 saturated carbocycles. The summed E-state index contributed by atoms with van der Waals surface area (Å²) in [5.74, 6) is 1.68. The maximum atomic E-state index is 6.12. The second kappa shape index (κ2) is 4.86. The van der Waals surface area contributed by atoms with E-state index in [1.165, 1.54) is 0 Å². The summed E-state index contributed by atoms with van der Waals surface area (Å²) in [7, 11) is 0. The van der Waals surface area contributed by atoms with Crippen molar-refractivity contribution in [2.75, 3.05) is 17.2 Å². The minimum Gasteiger partial charge on any atom is -0.369 e. The van der Waals surface area contributed by atoms with E-state index in [1.807, 2.05) is 30.0 Å². The molecule has 0 aliphatic carbocycles. The molecule has 1 aromatic rings. The number of aliphatic imine (C=N–C) groups is 1. The molecule has 1 saturated heterocycles. The van der Waals surface area contributed by atoms with Crippen molar-refractivity contribution in [1.82, 2.24) is 0 Å². The van der Waals surface area contributed by atoms with Gasteiger partial charge in [-0.2, -0.15) is 11.8 Å². The monoisotopic (exact) mass is 359 g/mol. The fraction of sp³-hybridized carbons (Fsp3) is 0.462. The fourth-order valence-corrected chi connectivity index (χ4v) is 4.70. The Bertz CT molecular complexity index is 551. The van der Waals surface area contributed by atoms with Crippen LogP contribution < -0.4 is 10.6 Å². The van der Waals surface area contributed by atoms with Crippen LogP contribution in [0.25, 0.3) is 0 Å². The number of guanidine groups is 1. The van der Waals surface area contributed by atoms with E-state index in [1.54, 1.807) is 0 Å². The van der Waals surface area contributed by atoms with Gasteiger partial charge in [-0.15, -0.1) is 0 Å². The zero-order valence-electron chi connectivity index (χ0n) is 10.6. The number of hydrogen-bond acceptors (Lipinski definition) is 4. The maximum Gasteiger partial charge on any atom is 0.196 e. The summed E-state index contributed by atoms with van der Waals surface area (Å²) in [6.07, 6.45) is 1.11. The van der Waals surface area contributed by atoms with Crippen molar-refractivity contribution < 1.29 is 0 Å². The molecule has 1 aromatic carbocycles.